The lowest BCUT2D eigenvalue weighted by Gasteiger charge is -2.38. The number of fused-ring (bicyclic) bond motifs is 2. The average molecular weight is 540 g/mol. The van der Waals surface area contributed by atoms with E-state index < -0.39 is 12.0 Å². The number of amides is 1. The van der Waals surface area contributed by atoms with Crippen LogP contribution in [0.25, 0.3) is 10.8 Å². The Bertz CT molecular complexity index is 1530. The Morgan fingerprint density at radius 3 is 2.72 bits per heavy atom. The molecule has 1 fully saturated rings. The van der Waals surface area contributed by atoms with Crippen molar-refractivity contribution in [2.24, 2.45) is 0 Å². The molecule has 39 heavy (non-hydrogen) atoms. The maximum Gasteiger partial charge on any atom is 0.449 e. The molecule has 0 atom stereocenters. The quantitative estimate of drug-likeness (QED) is 0.369. The number of H-pyrrole nitrogens is 1. The first-order valence-corrected chi connectivity index (χ1v) is 12.8. The van der Waals surface area contributed by atoms with Crippen LogP contribution in [-0.2, 0) is 12.8 Å². The second kappa shape index (κ2) is 10.5. The number of ether oxygens (including phenoxy) is 1. The number of hydrogen-bond acceptors (Lipinski definition) is 5. The number of nitrogens with one attached hydrogen (secondary N) is 2. The Hall–Kier alpha value is -4.15. The summed E-state index contributed by atoms with van der Waals surface area (Å²) < 4.78 is 45.8. The van der Waals surface area contributed by atoms with E-state index in [0.29, 0.717) is 48.3 Å². The molecule has 0 spiro atoms. The fraction of sp³-hybridized carbons (Fsp3) is 0.357. The van der Waals surface area contributed by atoms with Crippen molar-refractivity contribution >= 4 is 22.5 Å². The number of carbonyl (C=O) groups excluding carboxylic acids is 1. The van der Waals surface area contributed by atoms with E-state index >= 15 is 0 Å². The smallest absolute Gasteiger partial charge is 0.449 e. The number of rotatable bonds is 5. The number of unbranched alkanes of at least 4 members (excludes halogenated alkanes) is 1. The number of alkyl halides is 3. The van der Waals surface area contributed by atoms with Gasteiger partial charge in [0, 0.05) is 37.0 Å². The lowest BCUT2D eigenvalue weighted by atomic mass is 9.97. The maximum atomic E-state index is 13.8. The van der Waals surface area contributed by atoms with Crippen molar-refractivity contribution in [2.45, 2.75) is 38.8 Å². The fourth-order valence-electron chi connectivity index (χ4n) is 5.10. The topological polar surface area (TPSA) is 102 Å². The molecule has 0 radical (unpaired) electrons. The molecule has 8 nitrogen and oxygen atoms in total. The third-order valence-electron chi connectivity index (χ3n) is 7.01. The molecule has 0 saturated carbocycles. The van der Waals surface area contributed by atoms with Crippen LogP contribution in [0.3, 0.4) is 0 Å². The van der Waals surface area contributed by atoms with Gasteiger partial charge in [-0.15, -0.1) is 0 Å². The highest BCUT2D eigenvalue weighted by Crippen LogP contribution is 2.34. The van der Waals surface area contributed by atoms with Gasteiger partial charge in [-0.05, 0) is 29.7 Å². The number of allylic oxidation sites excluding steroid dienone is 1. The van der Waals surface area contributed by atoms with E-state index in [0.717, 1.165) is 27.8 Å². The predicted octanol–water partition coefficient (Wildman–Crippen LogP) is 4.43. The van der Waals surface area contributed by atoms with Gasteiger partial charge in [-0.25, -0.2) is 5.10 Å². The van der Waals surface area contributed by atoms with Crippen molar-refractivity contribution in [3.05, 3.63) is 80.9 Å². The van der Waals surface area contributed by atoms with Crippen molar-refractivity contribution < 1.29 is 22.7 Å². The third kappa shape index (κ3) is 5.25. The van der Waals surface area contributed by atoms with Gasteiger partial charge in [-0.1, -0.05) is 43.7 Å². The second-order valence-corrected chi connectivity index (χ2v) is 9.66. The van der Waals surface area contributed by atoms with E-state index in [1.165, 1.54) is 4.90 Å². The summed E-state index contributed by atoms with van der Waals surface area (Å²) in [6, 6.07) is 10.9. The van der Waals surface area contributed by atoms with Crippen LogP contribution in [-0.4, -0.2) is 64.2 Å². The maximum absolute atomic E-state index is 13.8. The van der Waals surface area contributed by atoms with Gasteiger partial charge < -0.3 is 14.5 Å². The molecule has 1 saturated heterocycles. The summed E-state index contributed by atoms with van der Waals surface area (Å²) in [5.41, 5.74) is 2.71. The molecular weight excluding hydrogens is 511 g/mol. The van der Waals surface area contributed by atoms with Crippen LogP contribution in [0.15, 0.2) is 53.0 Å². The summed E-state index contributed by atoms with van der Waals surface area (Å²) in [6.45, 7) is 2.20. The summed E-state index contributed by atoms with van der Waals surface area (Å²) in [7, 11) is 0. The minimum Gasteiger partial charge on any atom is -0.492 e. The molecule has 1 amide bonds. The van der Waals surface area contributed by atoms with E-state index in [2.05, 4.69) is 10.2 Å². The van der Waals surface area contributed by atoms with Crippen LogP contribution in [0.2, 0.25) is 0 Å². The molecular formula is C28H28F3N5O3. The van der Waals surface area contributed by atoms with E-state index in [1.807, 2.05) is 25.1 Å². The Kier molecular flexibility index (Phi) is 7.16. The number of nitrogens with zero attached hydrogens (tertiary/aromatic N) is 3. The van der Waals surface area contributed by atoms with Gasteiger partial charge in [0.2, 0.25) is 5.84 Å². The third-order valence-corrected chi connectivity index (χ3v) is 7.01. The number of halogens is 3. The number of carbonyl (C=O) groups is 1. The lowest BCUT2D eigenvalue weighted by molar-refractivity contribution is -0.0693. The monoisotopic (exact) mass is 539 g/mol. The molecule has 11 heteroatoms. The second-order valence-electron chi connectivity index (χ2n) is 9.66. The van der Waals surface area contributed by atoms with Crippen LogP contribution >= 0.6 is 0 Å². The van der Waals surface area contributed by atoms with Gasteiger partial charge in [-0.2, -0.15) is 18.3 Å². The van der Waals surface area contributed by atoms with Gasteiger partial charge in [0.05, 0.1) is 29.8 Å². The summed E-state index contributed by atoms with van der Waals surface area (Å²) >= 11 is 0. The largest absolute Gasteiger partial charge is 0.492 e. The van der Waals surface area contributed by atoms with E-state index in [4.69, 9.17) is 10.1 Å². The highest BCUT2D eigenvalue weighted by atomic mass is 19.4. The zero-order chi connectivity index (χ0) is 27.7. The molecule has 2 aromatic carbocycles. The summed E-state index contributed by atoms with van der Waals surface area (Å²) in [6.07, 6.45) is -0.858. The van der Waals surface area contributed by atoms with Crippen molar-refractivity contribution in [3.63, 3.8) is 0 Å². The summed E-state index contributed by atoms with van der Waals surface area (Å²) in [5.74, 6) is -1.27. The van der Waals surface area contributed by atoms with Gasteiger partial charge in [0.15, 0.2) is 0 Å². The normalized spacial score (nSPS) is 16.5. The average Bonchev–Trinajstić information content (AvgIpc) is 3.40. The Labute approximate surface area is 222 Å². The SMILES string of the molecule is CCCC=C1CN(C(=O)c2cc(Cc3n[nH]c(=O)c4ccccc34)cc3c2OCC3)CCN1C(=N)C(F)(F)F. The fourth-order valence-corrected chi connectivity index (χ4v) is 5.10. The van der Waals surface area contributed by atoms with Crippen LogP contribution in [0.1, 0.15) is 46.9 Å². The minimum absolute atomic E-state index is 0.0336. The molecule has 0 unspecified atom stereocenters. The number of piperazine rings is 1. The Morgan fingerprint density at radius 1 is 1.21 bits per heavy atom. The molecule has 2 aliphatic heterocycles. The number of amidine groups is 1. The van der Waals surface area contributed by atoms with Crippen molar-refractivity contribution in [1.82, 2.24) is 20.0 Å². The van der Waals surface area contributed by atoms with Crippen LogP contribution in [0.4, 0.5) is 13.2 Å². The Balaban J connectivity index is 1.46. The number of hydrogen-bond donors (Lipinski definition) is 2. The molecule has 3 aromatic rings. The first-order chi connectivity index (χ1) is 18.7. The van der Waals surface area contributed by atoms with Crippen LogP contribution in [0.5, 0.6) is 5.75 Å². The first kappa shape index (κ1) is 26.5. The minimum atomic E-state index is -4.78. The highest BCUT2D eigenvalue weighted by molar-refractivity contribution is 5.98. The number of aromatic nitrogens is 2. The Morgan fingerprint density at radius 2 is 1.97 bits per heavy atom. The molecule has 1 aromatic heterocycles. The summed E-state index contributed by atoms with van der Waals surface area (Å²) in [4.78, 5) is 28.4. The van der Waals surface area contributed by atoms with Gasteiger partial charge in [0.25, 0.3) is 11.5 Å². The molecule has 0 bridgehead atoms. The van der Waals surface area contributed by atoms with Gasteiger partial charge in [-0.3, -0.25) is 15.0 Å². The number of aromatic amines is 1. The molecule has 5 rings (SSSR count). The van der Waals surface area contributed by atoms with Gasteiger partial charge in [0.1, 0.15) is 5.75 Å². The first-order valence-electron chi connectivity index (χ1n) is 12.8. The summed E-state index contributed by atoms with van der Waals surface area (Å²) in [5, 5.41) is 15.7. The van der Waals surface area contributed by atoms with Crippen LogP contribution < -0.4 is 10.3 Å². The van der Waals surface area contributed by atoms with Crippen molar-refractivity contribution in [2.75, 3.05) is 26.2 Å². The molecule has 2 aliphatic rings. The van der Waals surface area contributed by atoms with Crippen molar-refractivity contribution in [3.8, 4) is 5.75 Å². The molecule has 204 valence electrons. The van der Waals surface area contributed by atoms with E-state index in [-0.39, 0.29) is 36.8 Å². The molecule has 0 aliphatic carbocycles. The zero-order valence-corrected chi connectivity index (χ0v) is 21.4. The molecule has 3 heterocycles. The highest BCUT2D eigenvalue weighted by Gasteiger charge is 2.41. The van der Waals surface area contributed by atoms with E-state index in [1.54, 1.807) is 24.3 Å². The zero-order valence-electron chi connectivity index (χ0n) is 21.4. The lowest BCUT2D eigenvalue weighted by Crippen LogP contribution is -2.52. The predicted molar refractivity (Wildman–Crippen MR) is 140 cm³/mol. The van der Waals surface area contributed by atoms with Crippen molar-refractivity contribution in [1.29, 1.82) is 5.41 Å². The standard InChI is InChI=1S/C28H28F3N5O3/c1-2-3-6-19-16-35(10-11-36(19)27(32)28(29,30)31)26(38)22-14-17(13-18-9-12-39-24(18)22)15-23-20-7-4-5-8-21(20)25(37)34-33-23/h4-8,13-14,32H,2-3,9-12,15-16H2,1H3,(H,34,37). The van der Waals surface area contributed by atoms with E-state index in [9.17, 15) is 22.8 Å². The van der Waals surface area contributed by atoms with Gasteiger partial charge >= 0.3 is 6.18 Å². The van der Waals surface area contributed by atoms with Crippen LogP contribution in [0, 0.1) is 5.41 Å². The number of benzene rings is 2. The molecule has 2 N–H and O–H groups in total.